The fourth-order valence-electron chi connectivity index (χ4n) is 2.53. The van der Waals surface area contributed by atoms with Crippen molar-refractivity contribution >= 4 is 32.8 Å². The standard InChI is InChI=1S/C16H4N4OS/c17-4-8-1-12-14(2-9(8)5-18)22-16-13(21)3-11(15(12)16)10(6-19)7-20/h1-2H,3H2. The van der Waals surface area contributed by atoms with E-state index in [1.165, 1.54) is 11.3 Å². The Kier molecular flexibility index (Phi) is 2.97. The van der Waals surface area contributed by atoms with Crippen molar-refractivity contribution in [2.24, 2.45) is 0 Å². The molecule has 1 aromatic carbocycles. The molecule has 0 radical (unpaired) electrons. The molecule has 0 saturated carbocycles. The van der Waals surface area contributed by atoms with Gasteiger partial charge in [0.1, 0.15) is 29.8 Å². The molecule has 0 N–H and O–H groups in total. The third-order valence-corrected chi connectivity index (χ3v) is 4.68. The average Bonchev–Trinajstić information content (AvgIpc) is 3.05. The molecule has 0 fully saturated rings. The van der Waals surface area contributed by atoms with E-state index in [4.69, 9.17) is 21.0 Å². The Labute approximate surface area is 129 Å². The molecule has 22 heavy (non-hydrogen) atoms. The van der Waals surface area contributed by atoms with Crippen LogP contribution in [0.15, 0.2) is 17.7 Å². The van der Waals surface area contributed by atoms with E-state index in [9.17, 15) is 4.79 Å². The summed E-state index contributed by atoms with van der Waals surface area (Å²) < 4.78 is 0.696. The van der Waals surface area contributed by atoms with Crippen molar-refractivity contribution < 1.29 is 4.79 Å². The maximum Gasteiger partial charge on any atom is 0.177 e. The van der Waals surface area contributed by atoms with Crippen LogP contribution in [0, 0.1) is 45.3 Å². The zero-order chi connectivity index (χ0) is 15.9. The second-order valence-corrected chi connectivity index (χ2v) is 5.65. The molecule has 100 valence electrons. The first-order chi connectivity index (χ1) is 10.6. The number of benzene rings is 1. The van der Waals surface area contributed by atoms with Gasteiger partial charge in [-0.1, -0.05) is 0 Å². The number of Topliss-reactive ketones (excluding diaryl/α,β-unsaturated/α-hetero) is 1. The Morgan fingerprint density at radius 3 is 2.27 bits per heavy atom. The minimum absolute atomic E-state index is 0.0233. The van der Waals surface area contributed by atoms with Crippen LogP contribution in [0.1, 0.15) is 32.8 Å². The highest BCUT2D eigenvalue weighted by atomic mass is 32.1. The van der Waals surface area contributed by atoms with E-state index in [2.05, 4.69) is 0 Å². The van der Waals surface area contributed by atoms with Crippen molar-refractivity contribution in [1.82, 2.24) is 0 Å². The first-order valence-corrected chi connectivity index (χ1v) is 6.94. The number of ketones is 1. The Morgan fingerprint density at radius 1 is 1.05 bits per heavy atom. The van der Waals surface area contributed by atoms with E-state index in [1.807, 2.05) is 24.3 Å². The summed E-state index contributed by atoms with van der Waals surface area (Å²) in [7, 11) is 0. The number of hydrogen-bond donors (Lipinski definition) is 0. The molecule has 1 heterocycles. The molecule has 0 bridgehead atoms. The molecule has 2 aromatic rings. The maximum atomic E-state index is 12.1. The van der Waals surface area contributed by atoms with Crippen molar-refractivity contribution in [3.63, 3.8) is 0 Å². The number of carbonyl (C=O) groups is 1. The largest absolute Gasteiger partial charge is 0.293 e. The topological polar surface area (TPSA) is 112 Å². The van der Waals surface area contributed by atoms with E-state index < -0.39 is 0 Å². The first-order valence-electron chi connectivity index (χ1n) is 6.12. The molecular weight excluding hydrogens is 296 g/mol. The highest BCUT2D eigenvalue weighted by molar-refractivity contribution is 7.21. The third-order valence-electron chi connectivity index (χ3n) is 3.49. The number of carbonyl (C=O) groups excluding carboxylic acids is 1. The Balaban J connectivity index is 2.46. The number of allylic oxidation sites excluding steroid dienone is 2. The molecule has 6 heteroatoms. The van der Waals surface area contributed by atoms with Crippen LogP contribution < -0.4 is 0 Å². The summed E-state index contributed by atoms with van der Waals surface area (Å²) in [5.74, 6) is -0.147. The molecule has 0 amide bonds. The molecule has 1 aliphatic carbocycles. The fourth-order valence-corrected chi connectivity index (χ4v) is 3.72. The van der Waals surface area contributed by atoms with Gasteiger partial charge in [-0.3, -0.25) is 4.79 Å². The van der Waals surface area contributed by atoms with Gasteiger partial charge >= 0.3 is 0 Å². The Morgan fingerprint density at radius 2 is 1.68 bits per heavy atom. The van der Waals surface area contributed by atoms with Gasteiger partial charge in [0.05, 0.1) is 16.0 Å². The highest BCUT2D eigenvalue weighted by Gasteiger charge is 2.32. The predicted molar refractivity (Wildman–Crippen MR) is 78.3 cm³/mol. The molecule has 1 aromatic heterocycles. The molecule has 0 spiro atoms. The second kappa shape index (κ2) is 4.83. The van der Waals surface area contributed by atoms with Gasteiger partial charge in [0.15, 0.2) is 5.78 Å². The lowest BCUT2D eigenvalue weighted by molar-refractivity contribution is 0.101. The quantitative estimate of drug-likeness (QED) is 0.694. The van der Waals surface area contributed by atoms with Crippen LogP contribution in [0.3, 0.4) is 0 Å². The number of fused-ring (bicyclic) bond motifs is 3. The summed E-state index contributed by atoms with van der Waals surface area (Å²) in [4.78, 5) is 12.6. The fraction of sp³-hybridized carbons (Fsp3) is 0.0625. The number of thiophene rings is 1. The van der Waals surface area contributed by atoms with E-state index in [0.717, 1.165) is 0 Å². The summed E-state index contributed by atoms with van der Waals surface area (Å²) in [5.41, 5.74) is 1.34. The zero-order valence-corrected chi connectivity index (χ0v) is 11.8. The molecule has 0 unspecified atom stereocenters. The number of nitrogens with zero attached hydrogens (tertiary/aromatic N) is 4. The first kappa shape index (κ1) is 13.5. The van der Waals surface area contributed by atoms with Crippen LogP contribution in [0.4, 0.5) is 0 Å². The Hall–Kier alpha value is -3.45. The van der Waals surface area contributed by atoms with Crippen LogP contribution in [0.2, 0.25) is 0 Å². The van der Waals surface area contributed by atoms with E-state index >= 15 is 0 Å². The van der Waals surface area contributed by atoms with Gasteiger partial charge < -0.3 is 0 Å². The SMILES string of the molecule is N#CC(C#N)=C1CC(=O)c2sc3cc(C#N)c(C#N)cc3c21. The van der Waals surface area contributed by atoms with Crippen LogP contribution in [-0.2, 0) is 0 Å². The number of nitriles is 4. The summed E-state index contributed by atoms with van der Waals surface area (Å²) in [6.07, 6.45) is 0.0233. The van der Waals surface area contributed by atoms with Crippen LogP contribution in [-0.4, -0.2) is 5.78 Å². The molecule has 0 saturated heterocycles. The monoisotopic (exact) mass is 300 g/mol. The molecule has 5 nitrogen and oxygen atoms in total. The summed E-state index contributed by atoms with van der Waals surface area (Å²) >= 11 is 1.22. The van der Waals surface area contributed by atoms with Gasteiger partial charge in [-0.2, -0.15) is 21.0 Å². The lowest BCUT2D eigenvalue weighted by atomic mass is 9.99. The summed E-state index contributed by atoms with van der Waals surface area (Å²) in [6, 6.07) is 10.7. The lowest BCUT2D eigenvalue weighted by Gasteiger charge is -2.00. The minimum Gasteiger partial charge on any atom is -0.293 e. The third kappa shape index (κ3) is 1.70. The van der Waals surface area contributed by atoms with E-state index in [-0.39, 0.29) is 28.9 Å². The summed E-state index contributed by atoms with van der Waals surface area (Å²) in [5, 5.41) is 37.0. The smallest absolute Gasteiger partial charge is 0.177 e. The van der Waals surface area contributed by atoms with Gasteiger partial charge in [-0.15, -0.1) is 11.3 Å². The molecule has 1 aliphatic rings. The second-order valence-electron chi connectivity index (χ2n) is 4.60. The van der Waals surface area contributed by atoms with Crippen molar-refractivity contribution in [1.29, 1.82) is 21.0 Å². The molecule has 3 rings (SSSR count). The molecule has 0 atom stereocenters. The van der Waals surface area contributed by atoms with Crippen LogP contribution in [0.25, 0.3) is 15.7 Å². The zero-order valence-electron chi connectivity index (χ0n) is 11.0. The van der Waals surface area contributed by atoms with Crippen LogP contribution >= 0.6 is 11.3 Å². The van der Waals surface area contributed by atoms with Crippen LogP contribution in [0.5, 0.6) is 0 Å². The minimum atomic E-state index is -0.147. The van der Waals surface area contributed by atoms with Crippen molar-refractivity contribution in [3.05, 3.63) is 39.3 Å². The number of hydrogen-bond acceptors (Lipinski definition) is 6. The summed E-state index contributed by atoms with van der Waals surface area (Å²) in [6.45, 7) is 0. The molecule has 0 aliphatic heterocycles. The van der Waals surface area contributed by atoms with Gasteiger partial charge in [-0.25, -0.2) is 0 Å². The average molecular weight is 300 g/mol. The highest BCUT2D eigenvalue weighted by Crippen LogP contribution is 2.45. The van der Waals surface area contributed by atoms with Gasteiger partial charge in [0.2, 0.25) is 0 Å². The Bertz CT molecular complexity index is 1050. The molecular formula is C16H4N4OS. The van der Waals surface area contributed by atoms with Crippen molar-refractivity contribution in [2.75, 3.05) is 0 Å². The van der Waals surface area contributed by atoms with E-state index in [1.54, 1.807) is 12.1 Å². The van der Waals surface area contributed by atoms with E-state index in [0.29, 0.717) is 26.1 Å². The lowest BCUT2D eigenvalue weighted by Crippen LogP contribution is -1.88. The predicted octanol–water partition coefficient (Wildman–Crippen LogP) is 3.03. The number of rotatable bonds is 0. The maximum absolute atomic E-state index is 12.1. The van der Waals surface area contributed by atoms with Crippen molar-refractivity contribution in [2.45, 2.75) is 6.42 Å². The van der Waals surface area contributed by atoms with Gasteiger partial charge in [0.25, 0.3) is 0 Å². The van der Waals surface area contributed by atoms with Gasteiger partial charge in [-0.05, 0) is 17.7 Å². The normalized spacial score (nSPS) is 12.2. The van der Waals surface area contributed by atoms with Gasteiger partial charge in [0, 0.05) is 22.1 Å². The van der Waals surface area contributed by atoms with Crippen molar-refractivity contribution in [3.8, 4) is 24.3 Å².